The van der Waals surface area contributed by atoms with Crippen LogP contribution in [0.5, 0.6) is 0 Å². The van der Waals surface area contributed by atoms with Crippen molar-refractivity contribution in [2.75, 3.05) is 11.9 Å². The van der Waals surface area contributed by atoms with E-state index >= 15 is 0 Å². The van der Waals surface area contributed by atoms with Crippen molar-refractivity contribution < 1.29 is 20.0 Å². The first-order chi connectivity index (χ1) is 10.9. The van der Waals surface area contributed by atoms with Crippen molar-refractivity contribution in [1.29, 1.82) is 0 Å². The van der Waals surface area contributed by atoms with Gasteiger partial charge in [0.2, 0.25) is 5.91 Å². The molecule has 0 fully saturated rings. The molecule has 0 unspecified atom stereocenters. The van der Waals surface area contributed by atoms with Crippen molar-refractivity contribution >= 4 is 40.8 Å². The Kier molecular flexibility index (Phi) is 8.99. The number of nitrogens with two attached hydrogens (primary N) is 1. The van der Waals surface area contributed by atoms with Crippen LogP contribution in [0.3, 0.4) is 0 Å². The van der Waals surface area contributed by atoms with Crippen LogP contribution < -0.4 is 15.7 Å². The first-order valence-electron chi connectivity index (χ1n) is 7.73. The number of aliphatic carboxylic acids is 1. The molecule has 0 aliphatic heterocycles. The number of rotatable bonds is 10. The molecule has 0 aliphatic carbocycles. The number of hydrogen-bond donors (Lipinski definition) is 2. The predicted molar refractivity (Wildman–Crippen MR) is 89.4 cm³/mol. The fourth-order valence-corrected chi connectivity index (χ4v) is 2.60. The fourth-order valence-electron chi connectivity index (χ4n) is 2.14. The number of carbonyl (C=O) groups is 2. The summed E-state index contributed by atoms with van der Waals surface area (Å²) in [5, 5.41) is 16.2. The highest BCUT2D eigenvalue weighted by Gasteiger charge is 2.18. The van der Waals surface area contributed by atoms with E-state index in [-0.39, 0.29) is 6.42 Å². The van der Waals surface area contributed by atoms with Gasteiger partial charge in [0.15, 0.2) is 0 Å². The van der Waals surface area contributed by atoms with Crippen LogP contribution in [-0.4, -0.2) is 24.5 Å². The minimum Gasteiger partial charge on any atom is -0.544 e. The SMILES string of the molecule is CCCCCC[NH2+][C@H](CC(=O)Nc1ccc(Cl)cc1Cl)C(=O)[O-]. The van der Waals surface area contributed by atoms with Crippen LogP contribution >= 0.6 is 23.2 Å². The molecule has 1 aromatic rings. The summed E-state index contributed by atoms with van der Waals surface area (Å²) in [6.07, 6.45) is 4.05. The number of carboxylic acids is 1. The minimum absolute atomic E-state index is 0.172. The normalized spacial score (nSPS) is 12.0. The maximum atomic E-state index is 12.0. The largest absolute Gasteiger partial charge is 0.544 e. The number of unbranched alkanes of at least 4 members (excludes halogenated alkanes) is 3. The molecule has 128 valence electrons. The molecule has 0 aliphatic rings. The van der Waals surface area contributed by atoms with Crippen LogP contribution in [-0.2, 0) is 9.59 Å². The molecule has 7 heteroatoms. The third-order valence-corrected chi connectivity index (χ3v) is 3.97. The molecule has 1 rings (SSSR count). The average molecular weight is 361 g/mol. The standard InChI is InChI=1S/C16H22Cl2N2O3/c1-2-3-4-5-8-19-14(16(22)23)10-15(21)20-13-7-6-11(17)9-12(13)18/h6-7,9,14,19H,2-5,8,10H2,1H3,(H,20,21)(H,22,23)/t14-/m1/s1. The summed E-state index contributed by atoms with van der Waals surface area (Å²) in [4.78, 5) is 23.1. The van der Waals surface area contributed by atoms with Crippen molar-refractivity contribution in [2.24, 2.45) is 0 Å². The van der Waals surface area contributed by atoms with Gasteiger partial charge in [-0.1, -0.05) is 43.0 Å². The second-order valence-corrected chi connectivity index (χ2v) is 6.23. The molecule has 0 heterocycles. The highest BCUT2D eigenvalue weighted by atomic mass is 35.5. The lowest BCUT2D eigenvalue weighted by Crippen LogP contribution is -2.93. The molecular formula is C16H22Cl2N2O3. The fraction of sp³-hybridized carbons (Fsp3) is 0.500. The van der Waals surface area contributed by atoms with Gasteiger partial charge in [0.1, 0.15) is 6.04 Å². The lowest BCUT2D eigenvalue weighted by molar-refractivity contribution is -0.682. The maximum absolute atomic E-state index is 12.0. The van der Waals surface area contributed by atoms with Gasteiger partial charge in [0.25, 0.3) is 0 Å². The van der Waals surface area contributed by atoms with Gasteiger partial charge in [-0.15, -0.1) is 0 Å². The number of hydrogen-bond acceptors (Lipinski definition) is 3. The van der Waals surface area contributed by atoms with E-state index in [0.29, 0.717) is 22.3 Å². The molecule has 1 atom stereocenters. The van der Waals surface area contributed by atoms with Crippen molar-refractivity contribution in [2.45, 2.75) is 45.1 Å². The Bertz CT molecular complexity index is 538. The molecule has 0 bridgehead atoms. The molecule has 23 heavy (non-hydrogen) atoms. The molecule has 0 radical (unpaired) electrons. The summed E-state index contributed by atoms with van der Waals surface area (Å²) in [5.74, 6) is -1.66. The Morgan fingerprint density at radius 2 is 2.00 bits per heavy atom. The Labute approximate surface area is 146 Å². The monoisotopic (exact) mass is 360 g/mol. The van der Waals surface area contributed by atoms with Crippen LogP contribution in [0.1, 0.15) is 39.0 Å². The molecule has 1 aromatic carbocycles. The molecule has 0 aromatic heterocycles. The molecule has 0 saturated heterocycles. The summed E-state index contributed by atoms with van der Waals surface area (Å²) >= 11 is 11.8. The number of halogens is 2. The molecular weight excluding hydrogens is 339 g/mol. The summed E-state index contributed by atoms with van der Waals surface area (Å²) in [6.45, 7) is 2.77. The summed E-state index contributed by atoms with van der Waals surface area (Å²) in [5.41, 5.74) is 0.404. The smallest absolute Gasteiger partial charge is 0.230 e. The predicted octanol–water partition coefficient (Wildman–Crippen LogP) is 1.58. The third-order valence-electron chi connectivity index (χ3n) is 3.42. The highest BCUT2D eigenvalue weighted by molar-refractivity contribution is 6.36. The van der Waals surface area contributed by atoms with Gasteiger partial charge in [-0.05, 0) is 31.0 Å². The quantitative estimate of drug-likeness (QED) is 0.621. The number of carboxylic acid groups (broad SMARTS) is 1. The Hall–Kier alpha value is -1.30. The summed E-state index contributed by atoms with van der Waals surface area (Å²) in [6, 6.07) is 3.78. The van der Waals surface area contributed by atoms with Crippen LogP contribution in [0, 0.1) is 0 Å². The highest BCUT2D eigenvalue weighted by Crippen LogP contribution is 2.25. The zero-order valence-corrected chi connectivity index (χ0v) is 14.6. The molecule has 5 nitrogen and oxygen atoms in total. The van der Waals surface area contributed by atoms with E-state index in [2.05, 4.69) is 12.2 Å². The maximum Gasteiger partial charge on any atom is 0.230 e. The Morgan fingerprint density at radius 1 is 1.26 bits per heavy atom. The summed E-state index contributed by atoms with van der Waals surface area (Å²) in [7, 11) is 0. The zero-order valence-electron chi connectivity index (χ0n) is 13.1. The van der Waals surface area contributed by atoms with Crippen LogP contribution in [0.15, 0.2) is 18.2 Å². The Balaban J connectivity index is 2.48. The molecule has 3 N–H and O–H groups in total. The second kappa shape index (κ2) is 10.5. The molecule has 1 amide bonds. The summed E-state index contributed by atoms with van der Waals surface area (Å²) < 4.78 is 0. The third kappa shape index (κ3) is 7.68. The van der Waals surface area contributed by atoms with E-state index in [9.17, 15) is 14.7 Å². The number of benzene rings is 1. The van der Waals surface area contributed by atoms with E-state index in [1.807, 2.05) is 0 Å². The van der Waals surface area contributed by atoms with Gasteiger partial charge in [-0.3, -0.25) is 4.79 Å². The van der Waals surface area contributed by atoms with E-state index in [1.165, 1.54) is 6.07 Å². The number of amides is 1. The number of nitrogens with one attached hydrogen (secondary N) is 1. The van der Waals surface area contributed by atoms with Crippen molar-refractivity contribution in [3.05, 3.63) is 28.2 Å². The van der Waals surface area contributed by atoms with Gasteiger partial charge < -0.3 is 20.5 Å². The van der Waals surface area contributed by atoms with Crippen LogP contribution in [0.2, 0.25) is 10.0 Å². The van der Waals surface area contributed by atoms with Crippen LogP contribution in [0.4, 0.5) is 5.69 Å². The van der Waals surface area contributed by atoms with Gasteiger partial charge in [-0.25, -0.2) is 0 Å². The first-order valence-corrected chi connectivity index (χ1v) is 8.48. The van der Waals surface area contributed by atoms with E-state index < -0.39 is 17.9 Å². The number of carbonyl (C=O) groups excluding carboxylic acids is 2. The van der Waals surface area contributed by atoms with Gasteiger partial charge in [0.05, 0.1) is 29.6 Å². The second-order valence-electron chi connectivity index (χ2n) is 5.39. The molecule has 0 saturated carbocycles. The van der Waals surface area contributed by atoms with E-state index in [0.717, 1.165) is 25.7 Å². The zero-order chi connectivity index (χ0) is 17.2. The first kappa shape index (κ1) is 19.7. The number of quaternary nitrogens is 1. The van der Waals surface area contributed by atoms with Crippen LogP contribution in [0.25, 0.3) is 0 Å². The molecule has 0 spiro atoms. The van der Waals surface area contributed by atoms with Crippen molar-refractivity contribution in [1.82, 2.24) is 0 Å². The van der Waals surface area contributed by atoms with E-state index in [1.54, 1.807) is 17.4 Å². The van der Waals surface area contributed by atoms with Gasteiger partial charge in [-0.2, -0.15) is 0 Å². The lowest BCUT2D eigenvalue weighted by Gasteiger charge is -2.16. The Morgan fingerprint density at radius 3 is 2.61 bits per heavy atom. The minimum atomic E-state index is -1.24. The van der Waals surface area contributed by atoms with Gasteiger partial charge in [0, 0.05) is 5.02 Å². The topological polar surface area (TPSA) is 85.8 Å². The van der Waals surface area contributed by atoms with E-state index in [4.69, 9.17) is 23.2 Å². The van der Waals surface area contributed by atoms with Gasteiger partial charge >= 0.3 is 0 Å². The number of anilines is 1. The average Bonchev–Trinajstić information content (AvgIpc) is 2.48. The van der Waals surface area contributed by atoms with Crippen molar-refractivity contribution in [3.63, 3.8) is 0 Å². The lowest BCUT2D eigenvalue weighted by atomic mass is 10.1. The van der Waals surface area contributed by atoms with Crippen molar-refractivity contribution in [3.8, 4) is 0 Å².